The molecule has 0 saturated carbocycles. The van der Waals surface area contributed by atoms with Gasteiger partial charge in [-0.1, -0.05) is 6.92 Å². The third-order valence-electron chi connectivity index (χ3n) is 2.01. The molecule has 1 rings (SSSR count). The Bertz CT molecular complexity index is 86.9. The number of nitrogens with two attached hydrogens (primary N) is 1. The fourth-order valence-corrected chi connectivity index (χ4v) is 1.15. The molecule has 1 aliphatic heterocycles. The van der Waals surface area contributed by atoms with E-state index in [9.17, 15) is 0 Å². The maximum absolute atomic E-state index is 5.56. The Morgan fingerprint density at radius 3 is 2.78 bits per heavy atom. The van der Waals surface area contributed by atoms with E-state index >= 15 is 0 Å². The summed E-state index contributed by atoms with van der Waals surface area (Å²) in [5.74, 6) is 0. The van der Waals surface area contributed by atoms with Crippen molar-refractivity contribution in [2.45, 2.75) is 19.8 Å². The van der Waals surface area contributed by atoms with Crippen LogP contribution in [-0.2, 0) is 4.74 Å². The Morgan fingerprint density at radius 1 is 1.67 bits per heavy atom. The lowest BCUT2D eigenvalue weighted by molar-refractivity contribution is 0.00750. The zero-order chi connectivity index (χ0) is 6.74. The molecule has 2 N–H and O–H groups in total. The maximum atomic E-state index is 5.56. The minimum atomic E-state index is 0.276. The molecule has 0 amide bonds. The van der Waals surface area contributed by atoms with Gasteiger partial charge >= 0.3 is 0 Å². The summed E-state index contributed by atoms with van der Waals surface area (Å²) in [5, 5.41) is 0. The van der Waals surface area contributed by atoms with E-state index in [-0.39, 0.29) is 5.41 Å². The number of rotatable bonds is 1. The highest BCUT2D eigenvalue weighted by Crippen LogP contribution is 2.25. The van der Waals surface area contributed by atoms with Crippen molar-refractivity contribution in [1.82, 2.24) is 0 Å². The zero-order valence-corrected chi connectivity index (χ0v) is 6.02. The Balaban J connectivity index is 2.37. The van der Waals surface area contributed by atoms with Crippen LogP contribution in [0.15, 0.2) is 0 Å². The van der Waals surface area contributed by atoms with Gasteiger partial charge in [0.1, 0.15) is 0 Å². The van der Waals surface area contributed by atoms with Crippen molar-refractivity contribution in [2.75, 3.05) is 19.8 Å². The Labute approximate surface area is 56.4 Å². The van der Waals surface area contributed by atoms with Crippen molar-refractivity contribution in [3.63, 3.8) is 0 Å². The van der Waals surface area contributed by atoms with E-state index in [1.54, 1.807) is 0 Å². The summed E-state index contributed by atoms with van der Waals surface area (Å²) < 4.78 is 5.30. The molecule has 0 aromatic rings. The van der Waals surface area contributed by atoms with Gasteiger partial charge in [-0.3, -0.25) is 0 Å². The summed E-state index contributed by atoms with van der Waals surface area (Å²) in [6.07, 6.45) is 2.40. The molecule has 1 saturated heterocycles. The standard InChI is InChI=1S/C7H15NO/c1-7(5-8)3-2-4-9-6-7/h2-6,8H2,1H3. The van der Waals surface area contributed by atoms with Crippen LogP contribution >= 0.6 is 0 Å². The van der Waals surface area contributed by atoms with Crippen molar-refractivity contribution in [3.8, 4) is 0 Å². The summed E-state index contributed by atoms with van der Waals surface area (Å²) in [7, 11) is 0. The van der Waals surface area contributed by atoms with E-state index in [2.05, 4.69) is 6.92 Å². The second-order valence-electron chi connectivity index (χ2n) is 3.17. The van der Waals surface area contributed by atoms with Crippen molar-refractivity contribution < 1.29 is 4.74 Å². The molecule has 1 aliphatic rings. The summed E-state index contributed by atoms with van der Waals surface area (Å²) in [4.78, 5) is 0. The van der Waals surface area contributed by atoms with Gasteiger partial charge in [0, 0.05) is 12.0 Å². The van der Waals surface area contributed by atoms with E-state index in [4.69, 9.17) is 10.5 Å². The van der Waals surface area contributed by atoms with Gasteiger partial charge in [0.05, 0.1) is 6.61 Å². The minimum Gasteiger partial charge on any atom is -0.381 e. The highest BCUT2D eigenvalue weighted by Gasteiger charge is 2.25. The van der Waals surface area contributed by atoms with Crippen LogP contribution < -0.4 is 5.73 Å². The van der Waals surface area contributed by atoms with Crippen LogP contribution in [0.1, 0.15) is 19.8 Å². The first-order chi connectivity index (χ1) is 4.27. The third kappa shape index (κ3) is 1.66. The van der Waals surface area contributed by atoms with Gasteiger partial charge in [0.15, 0.2) is 0 Å². The van der Waals surface area contributed by atoms with Crippen LogP contribution in [0.25, 0.3) is 0 Å². The smallest absolute Gasteiger partial charge is 0.0531 e. The SMILES string of the molecule is CC1(CN)CCCOC1. The van der Waals surface area contributed by atoms with E-state index < -0.39 is 0 Å². The first-order valence-electron chi connectivity index (χ1n) is 3.55. The molecule has 0 aromatic carbocycles. The molecule has 2 heteroatoms. The molecule has 0 aromatic heterocycles. The van der Waals surface area contributed by atoms with Crippen LogP contribution in [0.4, 0.5) is 0 Å². The second-order valence-corrected chi connectivity index (χ2v) is 3.17. The molecular weight excluding hydrogens is 114 g/mol. The third-order valence-corrected chi connectivity index (χ3v) is 2.01. The first kappa shape index (κ1) is 7.03. The maximum Gasteiger partial charge on any atom is 0.0531 e. The number of hydrogen-bond acceptors (Lipinski definition) is 2. The van der Waals surface area contributed by atoms with E-state index in [0.29, 0.717) is 0 Å². The van der Waals surface area contributed by atoms with Crippen molar-refractivity contribution in [2.24, 2.45) is 11.1 Å². The molecule has 1 fully saturated rings. The lowest BCUT2D eigenvalue weighted by atomic mass is 9.85. The average Bonchev–Trinajstić information content (AvgIpc) is 1.90. The summed E-state index contributed by atoms with van der Waals surface area (Å²) in [5.41, 5.74) is 5.83. The fraction of sp³-hybridized carbons (Fsp3) is 1.00. The predicted molar refractivity (Wildman–Crippen MR) is 37.2 cm³/mol. The van der Waals surface area contributed by atoms with E-state index in [0.717, 1.165) is 19.8 Å². The Morgan fingerprint density at radius 2 is 2.44 bits per heavy atom. The average molecular weight is 129 g/mol. The summed E-state index contributed by atoms with van der Waals surface area (Å²) in [6.45, 7) is 4.72. The monoisotopic (exact) mass is 129 g/mol. The zero-order valence-electron chi connectivity index (χ0n) is 6.02. The minimum absolute atomic E-state index is 0.276. The first-order valence-corrected chi connectivity index (χ1v) is 3.55. The van der Waals surface area contributed by atoms with Gasteiger partial charge in [0.25, 0.3) is 0 Å². The van der Waals surface area contributed by atoms with E-state index in [1.165, 1.54) is 12.8 Å². The van der Waals surface area contributed by atoms with Gasteiger partial charge in [-0.15, -0.1) is 0 Å². The largest absolute Gasteiger partial charge is 0.381 e. The van der Waals surface area contributed by atoms with Gasteiger partial charge in [0.2, 0.25) is 0 Å². The molecule has 2 nitrogen and oxygen atoms in total. The lowest BCUT2D eigenvalue weighted by Crippen LogP contribution is -2.35. The van der Waals surface area contributed by atoms with Gasteiger partial charge in [-0.25, -0.2) is 0 Å². The van der Waals surface area contributed by atoms with Crippen LogP contribution in [0, 0.1) is 5.41 Å². The normalized spacial score (nSPS) is 36.7. The van der Waals surface area contributed by atoms with Gasteiger partial charge in [-0.05, 0) is 19.4 Å². The predicted octanol–water partition coefficient (Wildman–Crippen LogP) is 0.762. The van der Waals surface area contributed by atoms with Gasteiger partial charge < -0.3 is 10.5 Å². The van der Waals surface area contributed by atoms with Crippen LogP contribution in [0.3, 0.4) is 0 Å². The quantitative estimate of drug-likeness (QED) is 0.567. The molecule has 1 unspecified atom stereocenters. The van der Waals surface area contributed by atoms with Crippen LogP contribution in [0.5, 0.6) is 0 Å². The Kier molecular flexibility index (Phi) is 2.09. The summed E-state index contributed by atoms with van der Waals surface area (Å²) in [6, 6.07) is 0. The van der Waals surface area contributed by atoms with Crippen molar-refractivity contribution in [3.05, 3.63) is 0 Å². The van der Waals surface area contributed by atoms with Crippen molar-refractivity contribution >= 4 is 0 Å². The summed E-state index contributed by atoms with van der Waals surface area (Å²) >= 11 is 0. The molecule has 1 heterocycles. The van der Waals surface area contributed by atoms with Crippen molar-refractivity contribution in [1.29, 1.82) is 0 Å². The molecule has 0 aliphatic carbocycles. The second kappa shape index (κ2) is 2.67. The Hall–Kier alpha value is -0.0800. The fourth-order valence-electron chi connectivity index (χ4n) is 1.15. The molecule has 0 bridgehead atoms. The number of ether oxygens (including phenoxy) is 1. The molecular formula is C7H15NO. The van der Waals surface area contributed by atoms with E-state index in [1.807, 2.05) is 0 Å². The highest BCUT2D eigenvalue weighted by atomic mass is 16.5. The van der Waals surface area contributed by atoms with Gasteiger partial charge in [-0.2, -0.15) is 0 Å². The molecule has 0 spiro atoms. The highest BCUT2D eigenvalue weighted by molar-refractivity contribution is 4.77. The lowest BCUT2D eigenvalue weighted by Gasteiger charge is -2.31. The number of hydrogen-bond donors (Lipinski definition) is 1. The van der Waals surface area contributed by atoms with Crippen LogP contribution in [0.2, 0.25) is 0 Å². The molecule has 9 heavy (non-hydrogen) atoms. The topological polar surface area (TPSA) is 35.2 Å². The van der Waals surface area contributed by atoms with Crippen LogP contribution in [-0.4, -0.2) is 19.8 Å². The molecule has 0 radical (unpaired) electrons. The molecule has 1 atom stereocenters. The molecule has 54 valence electrons.